The van der Waals surface area contributed by atoms with Gasteiger partial charge in [0, 0.05) is 0 Å². The minimum absolute atomic E-state index is 0.299. The molecule has 1 unspecified atom stereocenters. The van der Waals surface area contributed by atoms with Gasteiger partial charge in [-0.3, -0.25) is 0 Å². The highest BCUT2D eigenvalue weighted by molar-refractivity contribution is 5.91. The van der Waals surface area contributed by atoms with Crippen LogP contribution >= 0.6 is 0 Å². The number of rotatable bonds is 23. The van der Waals surface area contributed by atoms with E-state index in [2.05, 4.69) is 20.8 Å². The normalized spacial score (nSPS) is 11.7. The molecular formula is C42H58O4. The van der Waals surface area contributed by atoms with Gasteiger partial charge < -0.3 is 9.47 Å². The van der Waals surface area contributed by atoms with E-state index in [1.165, 1.54) is 102 Å². The lowest BCUT2D eigenvalue weighted by atomic mass is 10.0. The van der Waals surface area contributed by atoms with Crippen LogP contribution in [0.2, 0.25) is 0 Å². The molecule has 0 amide bonds. The van der Waals surface area contributed by atoms with E-state index in [1.54, 1.807) is 24.3 Å². The van der Waals surface area contributed by atoms with Crippen molar-refractivity contribution in [2.75, 3.05) is 6.61 Å². The standard InChI is InChI=1S/C42H58O4/c1-4-6-7-8-9-10-11-12-13-14-15-16-17-18-19-20-35-21-23-39(24-22-35)42(44)46-40-31-29-37(30-32-40)36-25-27-38(28-26-36)41(43)45-33-34(3)5-2/h21-32,34H,4-20,33H2,1-3H3. The molecular weight excluding hydrogens is 568 g/mol. The molecule has 0 saturated carbocycles. The number of benzene rings is 3. The van der Waals surface area contributed by atoms with E-state index in [0.29, 0.717) is 29.4 Å². The van der Waals surface area contributed by atoms with Crippen molar-refractivity contribution < 1.29 is 19.1 Å². The Hall–Kier alpha value is -3.40. The van der Waals surface area contributed by atoms with Gasteiger partial charge in [-0.1, -0.05) is 153 Å². The van der Waals surface area contributed by atoms with E-state index in [0.717, 1.165) is 24.0 Å². The number of ether oxygens (including phenoxy) is 2. The van der Waals surface area contributed by atoms with Crippen LogP contribution in [-0.2, 0) is 11.2 Å². The summed E-state index contributed by atoms with van der Waals surface area (Å²) in [7, 11) is 0. The molecule has 0 spiro atoms. The van der Waals surface area contributed by atoms with Gasteiger partial charge in [0.1, 0.15) is 5.75 Å². The number of hydrogen-bond acceptors (Lipinski definition) is 4. The molecule has 3 rings (SSSR count). The highest BCUT2D eigenvalue weighted by atomic mass is 16.5. The van der Waals surface area contributed by atoms with Gasteiger partial charge in [0.25, 0.3) is 0 Å². The Balaban J connectivity index is 1.28. The summed E-state index contributed by atoms with van der Waals surface area (Å²) in [5.41, 5.74) is 4.31. The highest BCUT2D eigenvalue weighted by Crippen LogP contribution is 2.24. The van der Waals surface area contributed by atoms with Crippen molar-refractivity contribution in [1.29, 1.82) is 0 Å². The quantitative estimate of drug-likeness (QED) is 0.0597. The van der Waals surface area contributed by atoms with Gasteiger partial charge in [-0.25, -0.2) is 9.59 Å². The molecule has 0 aliphatic carbocycles. The molecule has 0 aromatic heterocycles. The predicted molar refractivity (Wildman–Crippen MR) is 192 cm³/mol. The zero-order valence-electron chi connectivity index (χ0n) is 28.9. The largest absolute Gasteiger partial charge is 0.462 e. The lowest BCUT2D eigenvalue weighted by Crippen LogP contribution is -2.11. The van der Waals surface area contributed by atoms with E-state index in [9.17, 15) is 9.59 Å². The summed E-state index contributed by atoms with van der Waals surface area (Å²) in [5.74, 6) is 0.198. The first-order valence-electron chi connectivity index (χ1n) is 18.2. The second-order valence-corrected chi connectivity index (χ2v) is 13.0. The zero-order valence-corrected chi connectivity index (χ0v) is 28.9. The van der Waals surface area contributed by atoms with Crippen molar-refractivity contribution >= 4 is 11.9 Å². The summed E-state index contributed by atoms with van der Waals surface area (Å²) in [4.78, 5) is 25.0. The van der Waals surface area contributed by atoms with Gasteiger partial charge in [0.15, 0.2) is 0 Å². The van der Waals surface area contributed by atoms with Gasteiger partial charge >= 0.3 is 11.9 Å². The topological polar surface area (TPSA) is 52.6 Å². The maximum Gasteiger partial charge on any atom is 0.343 e. The Morgan fingerprint density at radius 1 is 0.543 bits per heavy atom. The van der Waals surface area contributed by atoms with Crippen LogP contribution in [-0.4, -0.2) is 18.5 Å². The molecule has 3 aromatic rings. The van der Waals surface area contributed by atoms with Crippen molar-refractivity contribution in [3.63, 3.8) is 0 Å². The van der Waals surface area contributed by atoms with Gasteiger partial charge in [0.2, 0.25) is 0 Å². The monoisotopic (exact) mass is 626 g/mol. The molecule has 0 bridgehead atoms. The lowest BCUT2D eigenvalue weighted by Gasteiger charge is -2.10. The number of hydrogen-bond donors (Lipinski definition) is 0. The van der Waals surface area contributed by atoms with Crippen molar-refractivity contribution in [3.05, 3.63) is 89.5 Å². The fourth-order valence-electron chi connectivity index (χ4n) is 5.61. The van der Waals surface area contributed by atoms with E-state index in [1.807, 2.05) is 48.5 Å². The summed E-state index contributed by atoms with van der Waals surface area (Å²) in [6.07, 6.45) is 22.6. The molecule has 0 aliphatic rings. The molecule has 0 fully saturated rings. The fraction of sp³-hybridized carbons (Fsp3) is 0.524. The Labute approximate surface area is 279 Å². The van der Waals surface area contributed by atoms with Crippen molar-refractivity contribution in [2.24, 2.45) is 5.92 Å². The van der Waals surface area contributed by atoms with Crippen LogP contribution in [0.5, 0.6) is 5.75 Å². The van der Waals surface area contributed by atoms with Gasteiger partial charge in [-0.2, -0.15) is 0 Å². The number of carbonyl (C=O) groups excluding carboxylic acids is 2. The third-order valence-corrected chi connectivity index (χ3v) is 8.97. The summed E-state index contributed by atoms with van der Waals surface area (Å²) in [6, 6.07) is 22.6. The summed E-state index contributed by atoms with van der Waals surface area (Å²) in [6.45, 7) is 6.86. The van der Waals surface area contributed by atoms with Gasteiger partial charge in [0.05, 0.1) is 17.7 Å². The first kappa shape index (κ1) is 37.1. The number of esters is 2. The van der Waals surface area contributed by atoms with Crippen molar-refractivity contribution in [3.8, 4) is 16.9 Å². The molecule has 1 atom stereocenters. The van der Waals surface area contributed by atoms with Crippen LogP contribution in [0.1, 0.15) is 150 Å². The van der Waals surface area contributed by atoms with Gasteiger partial charge in [-0.05, 0) is 71.8 Å². The number of unbranched alkanes of at least 4 members (excludes halogenated alkanes) is 14. The van der Waals surface area contributed by atoms with E-state index in [4.69, 9.17) is 9.47 Å². The predicted octanol–water partition coefficient (Wildman–Crippen LogP) is 12.2. The van der Waals surface area contributed by atoms with Crippen molar-refractivity contribution in [2.45, 2.75) is 130 Å². The van der Waals surface area contributed by atoms with Crippen molar-refractivity contribution in [1.82, 2.24) is 0 Å². The van der Waals surface area contributed by atoms with E-state index < -0.39 is 0 Å². The molecule has 0 radical (unpaired) electrons. The van der Waals surface area contributed by atoms with Crippen LogP contribution < -0.4 is 4.74 Å². The van der Waals surface area contributed by atoms with E-state index in [-0.39, 0.29) is 11.9 Å². The minimum atomic E-state index is -0.355. The lowest BCUT2D eigenvalue weighted by molar-refractivity contribution is 0.0447. The van der Waals surface area contributed by atoms with Crippen LogP contribution in [0.4, 0.5) is 0 Å². The molecule has 0 saturated heterocycles. The Bertz CT molecular complexity index is 1240. The maximum absolute atomic E-state index is 12.7. The maximum atomic E-state index is 12.7. The molecule has 4 nitrogen and oxygen atoms in total. The summed E-state index contributed by atoms with van der Waals surface area (Å²) >= 11 is 0. The van der Waals surface area contributed by atoms with Crippen LogP contribution in [0.3, 0.4) is 0 Å². The molecule has 250 valence electrons. The zero-order chi connectivity index (χ0) is 32.8. The Kier molecular flexibility index (Phi) is 17.9. The Morgan fingerprint density at radius 3 is 1.48 bits per heavy atom. The third kappa shape index (κ3) is 14.4. The molecule has 0 N–H and O–H groups in total. The number of aryl methyl sites for hydroxylation is 1. The van der Waals surface area contributed by atoms with Crippen LogP contribution in [0, 0.1) is 5.92 Å². The fourth-order valence-corrected chi connectivity index (χ4v) is 5.61. The second-order valence-electron chi connectivity index (χ2n) is 13.0. The molecule has 0 aliphatic heterocycles. The first-order valence-corrected chi connectivity index (χ1v) is 18.2. The Morgan fingerprint density at radius 2 is 0.978 bits per heavy atom. The molecule has 0 heterocycles. The minimum Gasteiger partial charge on any atom is -0.462 e. The van der Waals surface area contributed by atoms with Crippen LogP contribution in [0.25, 0.3) is 11.1 Å². The molecule has 46 heavy (non-hydrogen) atoms. The molecule has 4 heteroatoms. The highest BCUT2D eigenvalue weighted by Gasteiger charge is 2.11. The summed E-state index contributed by atoms with van der Waals surface area (Å²) < 4.78 is 11.0. The van der Waals surface area contributed by atoms with E-state index >= 15 is 0 Å². The van der Waals surface area contributed by atoms with Crippen LogP contribution in [0.15, 0.2) is 72.8 Å². The number of carbonyl (C=O) groups is 2. The third-order valence-electron chi connectivity index (χ3n) is 8.97. The van der Waals surface area contributed by atoms with Gasteiger partial charge in [-0.15, -0.1) is 0 Å². The smallest absolute Gasteiger partial charge is 0.343 e. The average Bonchev–Trinajstić information content (AvgIpc) is 3.09. The first-order chi connectivity index (χ1) is 22.5. The summed E-state index contributed by atoms with van der Waals surface area (Å²) in [5, 5.41) is 0. The molecule has 3 aromatic carbocycles. The second kappa shape index (κ2) is 22.2. The average molecular weight is 627 g/mol. The SMILES string of the molecule is CCCCCCCCCCCCCCCCCc1ccc(C(=O)Oc2ccc(-c3ccc(C(=O)OCC(C)CC)cc3)cc2)cc1.